The van der Waals surface area contributed by atoms with Crippen molar-refractivity contribution in [3.63, 3.8) is 0 Å². The Hall–Kier alpha value is -1.55. The molecule has 2 rings (SSSR count). The lowest BCUT2D eigenvalue weighted by Crippen LogP contribution is -2.23. The van der Waals surface area contributed by atoms with E-state index in [1.54, 1.807) is 0 Å². The Labute approximate surface area is 127 Å². The summed E-state index contributed by atoms with van der Waals surface area (Å²) in [7, 11) is 0. The van der Waals surface area contributed by atoms with E-state index in [0.29, 0.717) is 12.5 Å². The molecule has 0 fully saturated rings. The molecule has 0 atom stereocenters. The van der Waals surface area contributed by atoms with Crippen molar-refractivity contribution in [1.82, 2.24) is 14.9 Å². The molecule has 4 heteroatoms. The normalized spacial score (nSPS) is 11.5. The van der Waals surface area contributed by atoms with E-state index in [-0.39, 0.29) is 0 Å². The van der Waals surface area contributed by atoms with Crippen LogP contribution in [0.4, 0.5) is 0 Å². The molecular weight excluding hydrogens is 262 g/mol. The summed E-state index contributed by atoms with van der Waals surface area (Å²) in [6.45, 7) is 12.3. The maximum Gasteiger partial charge on any atom is 0.121 e. The zero-order valence-electron chi connectivity index (χ0n) is 13.6. The standard InChI is InChI=1S/C17H27N3O/c1-5-20-16-8-7-14(21-6-2)11-15(16)19-17(20)9-10-18-12-13(3)4/h7-8,11,13,18H,5-6,9-10,12H2,1-4H3. The number of aromatic nitrogens is 2. The van der Waals surface area contributed by atoms with E-state index in [0.717, 1.165) is 43.1 Å². The van der Waals surface area contributed by atoms with Gasteiger partial charge in [-0.1, -0.05) is 13.8 Å². The molecule has 1 aromatic carbocycles. The highest BCUT2D eigenvalue weighted by molar-refractivity contribution is 5.77. The van der Waals surface area contributed by atoms with Gasteiger partial charge < -0.3 is 14.6 Å². The smallest absolute Gasteiger partial charge is 0.121 e. The monoisotopic (exact) mass is 289 g/mol. The lowest BCUT2D eigenvalue weighted by atomic mass is 10.2. The Kier molecular flexibility index (Phi) is 5.62. The number of hydrogen-bond donors (Lipinski definition) is 1. The fraction of sp³-hybridized carbons (Fsp3) is 0.588. The molecular formula is C17H27N3O. The van der Waals surface area contributed by atoms with Gasteiger partial charge in [0.2, 0.25) is 0 Å². The van der Waals surface area contributed by atoms with Crippen molar-refractivity contribution < 1.29 is 4.74 Å². The van der Waals surface area contributed by atoms with Crippen LogP contribution in [0.3, 0.4) is 0 Å². The molecule has 0 spiro atoms. The van der Waals surface area contributed by atoms with Gasteiger partial charge in [0.25, 0.3) is 0 Å². The van der Waals surface area contributed by atoms with E-state index in [2.05, 4.69) is 36.7 Å². The van der Waals surface area contributed by atoms with Gasteiger partial charge in [-0.15, -0.1) is 0 Å². The van der Waals surface area contributed by atoms with Crippen LogP contribution in [-0.4, -0.2) is 29.2 Å². The molecule has 116 valence electrons. The largest absolute Gasteiger partial charge is 0.494 e. The molecule has 1 N–H and O–H groups in total. The molecule has 0 aliphatic rings. The zero-order chi connectivity index (χ0) is 15.2. The summed E-state index contributed by atoms with van der Waals surface area (Å²) in [5, 5.41) is 3.48. The van der Waals surface area contributed by atoms with Crippen LogP contribution in [0.15, 0.2) is 18.2 Å². The van der Waals surface area contributed by atoms with Gasteiger partial charge in [-0.25, -0.2) is 4.98 Å². The first-order valence-corrected chi connectivity index (χ1v) is 7.98. The minimum atomic E-state index is 0.684. The van der Waals surface area contributed by atoms with Gasteiger partial charge in [-0.3, -0.25) is 0 Å². The summed E-state index contributed by atoms with van der Waals surface area (Å²) >= 11 is 0. The third-order valence-corrected chi connectivity index (χ3v) is 3.50. The van der Waals surface area contributed by atoms with Gasteiger partial charge in [-0.2, -0.15) is 0 Å². The summed E-state index contributed by atoms with van der Waals surface area (Å²) in [6, 6.07) is 6.18. The van der Waals surface area contributed by atoms with Gasteiger partial charge in [0.1, 0.15) is 11.6 Å². The van der Waals surface area contributed by atoms with Gasteiger partial charge in [0, 0.05) is 25.6 Å². The number of hydrogen-bond acceptors (Lipinski definition) is 3. The molecule has 0 unspecified atom stereocenters. The summed E-state index contributed by atoms with van der Waals surface area (Å²) in [4.78, 5) is 4.79. The average Bonchev–Trinajstić information content (AvgIpc) is 2.80. The molecule has 4 nitrogen and oxygen atoms in total. The van der Waals surface area contributed by atoms with E-state index in [1.165, 1.54) is 5.52 Å². The van der Waals surface area contributed by atoms with Crippen molar-refractivity contribution in [1.29, 1.82) is 0 Å². The van der Waals surface area contributed by atoms with Gasteiger partial charge >= 0.3 is 0 Å². The van der Waals surface area contributed by atoms with Crippen LogP contribution < -0.4 is 10.1 Å². The molecule has 1 aromatic heterocycles. The first kappa shape index (κ1) is 15.8. The van der Waals surface area contributed by atoms with Crippen LogP contribution >= 0.6 is 0 Å². The number of nitrogens with zero attached hydrogens (tertiary/aromatic N) is 2. The van der Waals surface area contributed by atoms with E-state index in [4.69, 9.17) is 9.72 Å². The highest BCUT2D eigenvalue weighted by atomic mass is 16.5. The molecule has 0 aliphatic heterocycles. The van der Waals surface area contributed by atoms with E-state index in [9.17, 15) is 0 Å². The van der Waals surface area contributed by atoms with Crippen LogP contribution in [-0.2, 0) is 13.0 Å². The minimum Gasteiger partial charge on any atom is -0.494 e. The summed E-state index contributed by atoms with van der Waals surface area (Å²) in [6.07, 6.45) is 0.958. The Morgan fingerprint density at radius 3 is 2.76 bits per heavy atom. The zero-order valence-corrected chi connectivity index (χ0v) is 13.6. The first-order chi connectivity index (χ1) is 10.2. The van der Waals surface area contributed by atoms with E-state index >= 15 is 0 Å². The highest BCUT2D eigenvalue weighted by Gasteiger charge is 2.10. The maximum atomic E-state index is 5.56. The van der Waals surface area contributed by atoms with Crippen LogP contribution in [0.5, 0.6) is 5.75 Å². The number of imidazole rings is 1. The summed E-state index contributed by atoms with van der Waals surface area (Å²) in [5.74, 6) is 2.73. The summed E-state index contributed by atoms with van der Waals surface area (Å²) in [5.41, 5.74) is 2.22. The lowest BCUT2D eigenvalue weighted by molar-refractivity contribution is 0.340. The molecule has 0 saturated heterocycles. The second-order valence-electron chi connectivity index (χ2n) is 5.70. The SMILES string of the molecule is CCOc1ccc2c(c1)nc(CCNCC(C)C)n2CC. The summed E-state index contributed by atoms with van der Waals surface area (Å²) < 4.78 is 7.85. The number of ether oxygens (including phenoxy) is 1. The van der Waals surface area contributed by atoms with Gasteiger partial charge in [-0.05, 0) is 38.4 Å². The topological polar surface area (TPSA) is 39.1 Å². The van der Waals surface area contributed by atoms with Gasteiger partial charge in [0.05, 0.1) is 17.6 Å². The number of fused-ring (bicyclic) bond motifs is 1. The number of nitrogens with one attached hydrogen (secondary N) is 1. The van der Waals surface area contributed by atoms with Crippen LogP contribution in [0.2, 0.25) is 0 Å². The fourth-order valence-electron chi connectivity index (χ4n) is 2.55. The Bertz CT molecular complexity index is 575. The molecule has 0 radical (unpaired) electrons. The Morgan fingerprint density at radius 1 is 1.29 bits per heavy atom. The number of aryl methyl sites for hydroxylation is 1. The molecule has 0 amide bonds. The molecule has 2 aromatic rings. The molecule has 0 saturated carbocycles. The van der Waals surface area contributed by atoms with Crippen LogP contribution in [0.1, 0.15) is 33.5 Å². The fourth-order valence-corrected chi connectivity index (χ4v) is 2.55. The van der Waals surface area contributed by atoms with Crippen molar-refractivity contribution in [3.8, 4) is 5.75 Å². The van der Waals surface area contributed by atoms with Crippen LogP contribution in [0, 0.1) is 5.92 Å². The molecule has 0 bridgehead atoms. The average molecular weight is 289 g/mol. The first-order valence-electron chi connectivity index (χ1n) is 7.98. The second kappa shape index (κ2) is 7.46. The molecule has 1 heterocycles. The van der Waals surface area contributed by atoms with Crippen molar-refractivity contribution in [2.45, 2.75) is 40.7 Å². The van der Waals surface area contributed by atoms with E-state index in [1.807, 2.05) is 19.1 Å². The second-order valence-corrected chi connectivity index (χ2v) is 5.70. The highest BCUT2D eigenvalue weighted by Crippen LogP contribution is 2.22. The third-order valence-electron chi connectivity index (χ3n) is 3.50. The van der Waals surface area contributed by atoms with Gasteiger partial charge in [0.15, 0.2) is 0 Å². The predicted octanol–water partition coefficient (Wildman–Crippen LogP) is 3.24. The third kappa shape index (κ3) is 3.97. The maximum absolute atomic E-state index is 5.56. The van der Waals surface area contributed by atoms with Crippen molar-refractivity contribution in [2.24, 2.45) is 5.92 Å². The Morgan fingerprint density at radius 2 is 2.10 bits per heavy atom. The molecule has 21 heavy (non-hydrogen) atoms. The van der Waals surface area contributed by atoms with Crippen molar-refractivity contribution in [3.05, 3.63) is 24.0 Å². The van der Waals surface area contributed by atoms with E-state index < -0.39 is 0 Å². The Balaban J connectivity index is 2.14. The van der Waals surface area contributed by atoms with Crippen LogP contribution in [0.25, 0.3) is 11.0 Å². The predicted molar refractivity (Wildman–Crippen MR) is 88.0 cm³/mol. The number of rotatable bonds is 8. The van der Waals surface area contributed by atoms with Crippen molar-refractivity contribution >= 4 is 11.0 Å². The number of benzene rings is 1. The van der Waals surface area contributed by atoms with Crippen molar-refractivity contribution in [2.75, 3.05) is 19.7 Å². The lowest BCUT2D eigenvalue weighted by Gasteiger charge is -2.08. The quantitative estimate of drug-likeness (QED) is 0.758. The minimum absolute atomic E-state index is 0.684. The molecule has 0 aliphatic carbocycles.